The minimum absolute atomic E-state index is 0.128. The van der Waals surface area contributed by atoms with Crippen LogP contribution in [0.1, 0.15) is 27.2 Å². The maximum Gasteiger partial charge on any atom is 0.353 e. The van der Waals surface area contributed by atoms with Crippen LogP contribution in [-0.2, 0) is 0 Å². The van der Waals surface area contributed by atoms with Crippen LogP contribution in [0, 0.1) is 10.1 Å². The van der Waals surface area contributed by atoms with E-state index in [1.807, 2.05) is 20.8 Å². The molecular formula is C10H17N5O2. The summed E-state index contributed by atoms with van der Waals surface area (Å²) in [5, 5.41) is 16.8. The Labute approximate surface area is 99.8 Å². The van der Waals surface area contributed by atoms with E-state index in [4.69, 9.17) is 0 Å². The number of anilines is 2. The highest BCUT2D eigenvalue weighted by Gasteiger charge is 2.26. The van der Waals surface area contributed by atoms with Gasteiger partial charge in [-0.15, -0.1) is 0 Å². The van der Waals surface area contributed by atoms with Gasteiger partial charge in [0.1, 0.15) is 6.33 Å². The van der Waals surface area contributed by atoms with Crippen molar-refractivity contribution in [3.05, 3.63) is 16.4 Å². The minimum atomic E-state index is -0.486. The molecule has 0 saturated carbocycles. The van der Waals surface area contributed by atoms with Gasteiger partial charge in [-0.1, -0.05) is 6.92 Å². The topological polar surface area (TPSA) is 93.0 Å². The van der Waals surface area contributed by atoms with Crippen LogP contribution in [0.3, 0.4) is 0 Å². The fraction of sp³-hybridized carbons (Fsp3) is 0.600. The summed E-state index contributed by atoms with van der Waals surface area (Å²) in [6.45, 7) is 5.91. The Balaban J connectivity index is 3.19. The van der Waals surface area contributed by atoms with Crippen LogP contribution < -0.4 is 10.6 Å². The van der Waals surface area contributed by atoms with Crippen molar-refractivity contribution >= 4 is 17.3 Å². The average molecular weight is 239 g/mol. The third-order valence-electron chi connectivity index (χ3n) is 2.58. The van der Waals surface area contributed by atoms with Gasteiger partial charge in [-0.3, -0.25) is 10.1 Å². The predicted octanol–water partition coefficient (Wildman–Crippen LogP) is 2.03. The van der Waals surface area contributed by atoms with Crippen LogP contribution in [0.4, 0.5) is 17.3 Å². The Morgan fingerprint density at radius 2 is 2.00 bits per heavy atom. The van der Waals surface area contributed by atoms with Crippen molar-refractivity contribution < 1.29 is 4.92 Å². The Morgan fingerprint density at radius 1 is 1.41 bits per heavy atom. The molecule has 0 aliphatic carbocycles. The van der Waals surface area contributed by atoms with Crippen LogP contribution in [-0.4, -0.2) is 27.5 Å². The first-order chi connectivity index (χ1) is 7.91. The van der Waals surface area contributed by atoms with E-state index in [-0.39, 0.29) is 22.9 Å². The molecule has 0 bridgehead atoms. The molecule has 1 heterocycles. The molecule has 0 unspecified atom stereocenters. The van der Waals surface area contributed by atoms with Gasteiger partial charge < -0.3 is 10.6 Å². The van der Waals surface area contributed by atoms with Gasteiger partial charge in [-0.05, 0) is 20.3 Å². The first kappa shape index (κ1) is 13.1. The van der Waals surface area contributed by atoms with E-state index >= 15 is 0 Å². The lowest BCUT2D eigenvalue weighted by molar-refractivity contribution is -0.383. The number of nitrogens with one attached hydrogen (secondary N) is 2. The maximum absolute atomic E-state index is 11.0. The summed E-state index contributed by atoms with van der Waals surface area (Å²) in [6, 6.07) is 0. The minimum Gasteiger partial charge on any atom is -0.367 e. The van der Waals surface area contributed by atoms with E-state index < -0.39 is 4.92 Å². The molecule has 0 atom stereocenters. The number of nitrogens with zero attached hydrogens (tertiary/aromatic N) is 3. The lowest BCUT2D eigenvalue weighted by atomic mass is 10.0. The van der Waals surface area contributed by atoms with Crippen LogP contribution in [0.15, 0.2) is 6.33 Å². The second kappa shape index (κ2) is 4.94. The summed E-state index contributed by atoms with van der Waals surface area (Å²) in [7, 11) is 1.59. The highest BCUT2D eigenvalue weighted by atomic mass is 16.6. The van der Waals surface area contributed by atoms with E-state index in [2.05, 4.69) is 20.6 Å². The van der Waals surface area contributed by atoms with Crippen LogP contribution in [0.2, 0.25) is 0 Å². The molecule has 0 aliphatic heterocycles. The molecule has 1 aromatic heterocycles. The molecule has 2 N–H and O–H groups in total. The first-order valence-corrected chi connectivity index (χ1v) is 5.36. The molecule has 0 spiro atoms. The SMILES string of the molecule is CCC(C)(C)Nc1ncnc(NC)c1[N+](=O)[O-]. The molecule has 1 rings (SSSR count). The number of nitro groups is 1. The predicted molar refractivity (Wildman–Crippen MR) is 66.2 cm³/mol. The van der Waals surface area contributed by atoms with Crippen molar-refractivity contribution in [1.82, 2.24) is 9.97 Å². The largest absolute Gasteiger partial charge is 0.367 e. The average Bonchev–Trinajstić information content (AvgIpc) is 2.27. The summed E-state index contributed by atoms with van der Waals surface area (Å²) in [5.41, 5.74) is -0.388. The fourth-order valence-electron chi connectivity index (χ4n) is 1.24. The van der Waals surface area contributed by atoms with Crippen molar-refractivity contribution in [3.8, 4) is 0 Å². The van der Waals surface area contributed by atoms with Crippen molar-refractivity contribution in [2.45, 2.75) is 32.7 Å². The lowest BCUT2D eigenvalue weighted by Crippen LogP contribution is -2.30. The molecule has 0 aromatic carbocycles. The van der Waals surface area contributed by atoms with Gasteiger partial charge in [-0.2, -0.15) is 0 Å². The van der Waals surface area contributed by atoms with E-state index in [1.54, 1.807) is 7.05 Å². The fourth-order valence-corrected chi connectivity index (χ4v) is 1.24. The number of hydrogen-bond donors (Lipinski definition) is 2. The Hall–Kier alpha value is -1.92. The monoisotopic (exact) mass is 239 g/mol. The van der Waals surface area contributed by atoms with E-state index in [1.165, 1.54) is 6.33 Å². The molecule has 0 fully saturated rings. The van der Waals surface area contributed by atoms with Gasteiger partial charge >= 0.3 is 5.69 Å². The van der Waals surface area contributed by atoms with Gasteiger partial charge in [0.2, 0.25) is 11.6 Å². The Kier molecular flexibility index (Phi) is 3.82. The van der Waals surface area contributed by atoms with Gasteiger partial charge in [0.05, 0.1) is 4.92 Å². The zero-order chi connectivity index (χ0) is 13.1. The van der Waals surface area contributed by atoms with Crippen LogP contribution in [0.25, 0.3) is 0 Å². The molecule has 0 aliphatic rings. The molecule has 0 amide bonds. The Morgan fingerprint density at radius 3 is 2.47 bits per heavy atom. The number of aromatic nitrogens is 2. The zero-order valence-corrected chi connectivity index (χ0v) is 10.4. The van der Waals surface area contributed by atoms with Gasteiger partial charge in [0.25, 0.3) is 0 Å². The van der Waals surface area contributed by atoms with Crippen molar-refractivity contribution in [1.29, 1.82) is 0 Å². The second-order valence-corrected chi connectivity index (χ2v) is 4.29. The van der Waals surface area contributed by atoms with E-state index in [0.29, 0.717) is 0 Å². The van der Waals surface area contributed by atoms with E-state index in [0.717, 1.165) is 6.42 Å². The summed E-state index contributed by atoms with van der Waals surface area (Å²) in [6.07, 6.45) is 2.12. The standard InChI is InChI=1S/C10H17N5O2/c1-5-10(2,3)14-9-7(15(16)17)8(11-4)12-6-13-9/h6H,5H2,1-4H3,(H2,11,12,13,14). The normalized spacial score (nSPS) is 11.1. The van der Waals surface area contributed by atoms with Crippen LogP contribution >= 0.6 is 0 Å². The van der Waals surface area contributed by atoms with Crippen molar-refractivity contribution in [2.75, 3.05) is 17.7 Å². The summed E-state index contributed by atoms with van der Waals surface area (Å²) >= 11 is 0. The molecule has 17 heavy (non-hydrogen) atoms. The summed E-state index contributed by atoms with van der Waals surface area (Å²) < 4.78 is 0. The Bertz CT molecular complexity index is 419. The molecule has 0 saturated heterocycles. The molecule has 7 heteroatoms. The van der Waals surface area contributed by atoms with Gasteiger partial charge in [0, 0.05) is 12.6 Å². The molecule has 7 nitrogen and oxygen atoms in total. The van der Waals surface area contributed by atoms with Gasteiger partial charge in [0.15, 0.2) is 0 Å². The highest BCUT2D eigenvalue weighted by molar-refractivity contribution is 5.69. The first-order valence-electron chi connectivity index (χ1n) is 5.36. The third-order valence-corrected chi connectivity index (χ3v) is 2.58. The zero-order valence-electron chi connectivity index (χ0n) is 10.4. The van der Waals surface area contributed by atoms with Gasteiger partial charge in [-0.25, -0.2) is 9.97 Å². The maximum atomic E-state index is 11.0. The molecule has 1 aromatic rings. The quantitative estimate of drug-likeness (QED) is 0.603. The van der Waals surface area contributed by atoms with E-state index in [9.17, 15) is 10.1 Å². The van der Waals surface area contributed by atoms with Crippen molar-refractivity contribution in [3.63, 3.8) is 0 Å². The summed E-state index contributed by atoms with van der Waals surface area (Å²) in [5.74, 6) is 0.445. The molecule has 94 valence electrons. The number of rotatable bonds is 5. The summed E-state index contributed by atoms with van der Waals surface area (Å²) in [4.78, 5) is 18.3. The molecule has 0 radical (unpaired) electrons. The number of hydrogen-bond acceptors (Lipinski definition) is 6. The van der Waals surface area contributed by atoms with Crippen LogP contribution in [0.5, 0.6) is 0 Å². The second-order valence-electron chi connectivity index (χ2n) is 4.29. The smallest absolute Gasteiger partial charge is 0.353 e. The highest BCUT2D eigenvalue weighted by Crippen LogP contribution is 2.30. The third kappa shape index (κ3) is 3.02. The molecular weight excluding hydrogens is 222 g/mol. The lowest BCUT2D eigenvalue weighted by Gasteiger charge is -2.24. The van der Waals surface area contributed by atoms with Crippen molar-refractivity contribution in [2.24, 2.45) is 0 Å².